The third-order valence-electron chi connectivity index (χ3n) is 5.58. The fourth-order valence-corrected chi connectivity index (χ4v) is 4.23. The zero-order valence-corrected chi connectivity index (χ0v) is 16.2. The number of nitrogen functional groups attached to an aromatic ring is 1. The lowest BCUT2D eigenvalue weighted by Gasteiger charge is -2.37. The molecule has 4 aromatic carbocycles. The molecule has 0 aliphatic carbocycles. The van der Waals surface area contributed by atoms with Crippen molar-refractivity contribution in [3.05, 3.63) is 132 Å². The van der Waals surface area contributed by atoms with Gasteiger partial charge in [-0.1, -0.05) is 91.0 Å². The molecule has 0 atom stereocenters. The Balaban J connectivity index is 1.96. The van der Waals surface area contributed by atoms with Crippen molar-refractivity contribution in [3.8, 4) is 0 Å². The van der Waals surface area contributed by atoms with Gasteiger partial charge in [-0.15, -0.1) is 0 Å². The maximum absolute atomic E-state index is 14.2. The van der Waals surface area contributed by atoms with E-state index in [1.165, 1.54) is 6.07 Å². The van der Waals surface area contributed by atoms with Crippen molar-refractivity contribution in [2.45, 2.75) is 5.54 Å². The Morgan fingerprint density at radius 3 is 1.63 bits per heavy atom. The van der Waals surface area contributed by atoms with E-state index in [1.54, 1.807) is 12.3 Å². The topological polar surface area (TPSA) is 43.8 Å². The second-order valence-electron chi connectivity index (χ2n) is 7.30. The van der Waals surface area contributed by atoms with Gasteiger partial charge in [0.1, 0.15) is 11.4 Å². The first kappa shape index (κ1) is 18.1. The second kappa shape index (κ2) is 7.16. The van der Waals surface area contributed by atoms with Crippen LogP contribution in [0.15, 0.2) is 109 Å². The van der Waals surface area contributed by atoms with Crippen LogP contribution in [-0.4, -0.2) is 9.78 Å². The van der Waals surface area contributed by atoms with Gasteiger partial charge in [0, 0.05) is 5.39 Å². The number of rotatable bonds is 4. The van der Waals surface area contributed by atoms with E-state index in [0.29, 0.717) is 5.39 Å². The van der Waals surface area contributed by atoms with Crippen molar-refractivity contribution in [1.82, 2.24) is 9.78 Å². The van der Waals surface area contributed by atoms with Gasteiger partial charge in [0.2, 0.25) is 0 Å². The number of anilines is 1. The molecule has 0 saturated carbocycles. The van der Waals surface area contributed by atoms with E-state index in [4.69, 9.17) is 10.8 Å². The molecule has 2 N–H and O–H groups in total. The highest BCUT2D eigenvalue weighted by atomic mass is 19.1. The van der Waals surface area contributed by atoms with Gasteiger partial charge in [0.25, 0.3) is 0 Å². The monoisotopic (exact) mass is 393 g/mol. The van der Waals surface area contributed by atoms with E-state index in [2.05, 4.69) is 36.4 Å². The predicted molar refractivity (Wildman–Crippen MR) is 119 cm³/mol. The molecular formula is C26H20FN3. The zero-order valence-electron chi connectivity index (χ0n) is 16.2. The molecule has 0 amide bonds. The summed E-state index contributed by atoms with van der Waals surface area (Å²) in [6.45, 7) is 0. The summed E-state index contributed by atoms with van der Waals surface area (Å²) in [5.41, 5.74) is 9.23. The van der Waals surface area contributed by atoms with Crippen molar-refractivity contribution in [3.63, 3.8) is 0 Å². The molecule has 4 heteroatoms. The first-order chi connectivity index (χ1) is 14.7. The van der Waals surface area contributed by atoms with Crippen LogP contribution in [-0.2, 0) is 5.54 Å². The molecule has 0 aliphatic heterocycles. The maximum atomic E-state index is 14.2. The maximum Gasteiger partial charge on any atom is 0.146 e. The van der Waals surface area contributed by atoms with Gasteiger partial charge in [-0.25, -0.2) is 9.07 Å². The number of nitrogens with zero attached hydrogens (tertiary/aromatic N) is 2. The molecule has 5 aromatic rings. The summed E-state index contributed by atoms with van der Waals surface area (Å²) in [4.78, 5) is 0. The molecule has 0 radical (unpaired) electrons. The number of fused-ring (bicyclic) bond motifs is 1. The minimum atomic E-state index is -0.754. The lowest BCUT2D eigenvalue weighted by Crippen LogP contribution is -2.38. The van der Waals surface area contributed by atoms with E-state index in [9.17, 15) is 4.39 Å². The zero-order chi connectivity index (χ0) is 20.6. The highest BCUT2D eigenvalue weighted by Crippen LogP contribution is 2.42. The van der Waals surface area contributed by atoms with Crippen LogP contribution in [0.25, 0.3) is 10.9 Å². The van der Waals surface area contributed by atoms with Crippen LogP contribution < -0.4 is 5.73 Å². The smallest absolute Gasteiger partial charge is 0.146 e. The number of nitrogens with two attached hydrogens (primary N) is 1. The molecule has 0 spiro atoms. The van der Waals surface area contributed by atoms with Gasteiger partial charge in [0.15, 0.2) is 0 Å². The van der Waals surface area contributed by atoms with Crippen molar-refractivity contribution in [1.29, 1.82) is 0 Å². The van der Waals surface area contributed by atoms with Gasteiger partial charge < -0.3 is 5.73 Å². The van der Waals surface area contributed by atoms with E-state index >= 15 is 0 Å². The Hall–Kier alpha value is -3.92. The van der Waals surface area contributed by atoms with E-state index < -0.39 is 11.4 Å². The Morgan fingerprint density at radius 2 is 1.17 bits per heavy atom. The van der Waals surface area contributed by atoms with Crippen LogP contribution in [0, 0.1) is 5.82 Å². The SMILES string of the molecule is Nc1cc2c(cnn2C(c2ccccc2)(c2ccccc2)c2ccccc2)cc1F. The highest BCUT2D eigenvalue weighted by molar-refractivity contribution is 5.83. The second-order valence-corrected chi connectivity index (χ2v) is 7.30. The van der Waals surface area contributed by atoms with Crippen molar-refractivity contribution < 1.29 is 4.39 Å². The third kappa shape index (κ3) is 2.69. The molecule has 0 fully saturated rings. The Bertz CT molecular complexity index is 1200. The van der Waals surface area contributed by atoms with E-state index in [-0.39, 0.29) is 5.69 Å². The Labute approximate surface area is 174 Å². The van der Waals surface area contributed by atoms with Crippen LogP contribution in [0.1, 0.15) is 16.7 Å². The molecule has 146 valence electrons. The number of hydrogen-bond acceptors (Lipinski definition) is 2. The first-order valence-electron chi connectivity index (χ1n) is 9.81. The molecule has 0 saturated heterocycles. The number of benzene rings is 4. The van der Waals surface area contributed by atoms with Crippen LogP contribution in [0.2, 0.25) is 0 Å². The summed E-state index contributed by atoms with van der Waals surface area (Å²) >= 11 is 0. The molecule has 1 heterocycles. The van der Waals surface area contributed by atoms with Gasteiger partial charge in [-0.2, -0.15) is 5.10 Å². The van der Waals surface area contributed by atoms with Crippen molar-refractivity contribution >= 4 is 16.6 Å². The largest absolute Gasteiger partial charge is 0.396 e. The molecule has 3 nitrogen and oxygen atoms in total. The standard InChI is InChI=1S/C26H20FN3/c27-23-16-19-18-29-30(25(19)17-24(23)28)26(20-10-4-1-5-11-20,21-12-6-2-7-13-21)22-14-8-3-9-15-22/h1-18H,28H2. The summed E-state index contributed by atoms with van der Waals surface area (Å²) in [5.74, 6) is -0.438. The van der Waals surface area contributed by atoms with Crippen LogP contribution >= 0.6 is 0 Å². The van der Waals surface area contributed by atoms with Gasteiger partial charge in [0.05, 0.1) is 17.4 Å². The number of halogens is 1. The lowest BCUT2D eigenvalue weighted by molar-refractivity contribution is 0.476. The summed E-state index contributed by atoms with van der Waals surface area (Å²) in [6, 6.07) is 33.8. The minimum Gasteiger partial charge on any atom is -0.396 e. The van der Waals surface area contributed by atoms with E-state index in [1.807, 2.05) is 59.3 Å². The summed E-state index contributed by atoms with van der Waals surface area (Å²) in [5, 5.41) is 5.48. The molecular weight excluding hydrogens is 373 g/mol. The minimum absolute atomic E-state index is 0.104. The average Bonchev–Trinajstić information content (AvgIpc) is 3.20. The molecule has 1 aromatic heterocycles. The highest BCUT2D eigenvalue weighted by Gasteiger charge is 2.40. The van der Waals surface area contributed by atoms with Crippen molar-refractivity contribution in [2.75, 3.05) is 5.73 Å². The van der Waals surface area contributed by atoms with Crippen LogP contribution in [0.3, 0.4) is 0 Å². The first-order valence-corrected chi connectivity index (χ1v) is 9.81. The number of aromatic nitrogens is 2. The quantitative estimate of drug-likeness (QED) is 0.319. The molecule has 0 unspecified atom stereocenters. The van der Waals surface area contributed by atoms with Crippen LogP contribution in [0.5, 0.6) is 0 Å². The Kier molecular flexibility index (Phi) is 4.32. The summed E-state index contributed by atoms with van der Waals surface area (Å²) in [6.07, 6.45) is 1.70. The molecule has 30 heavy (non-hydrogen) atoms. The average molecular weight is 393 g/mol. The normalized spacial score (nSPS) is 11.6. The Morgan fingerprint density at radius 1 is 0.700 bits per heavy atom. The summed E-state index contributed by atoms with van der Waals surface area (Å²) < 4.78 is 16.1. The third-order valence-corrected chi connectivity index (χ3v) is 5.58. The van der Waals surface area contributed by atoms with Gasteiger partial charge in [-0.3, -0.25) is 0 Å². The lowest BCUT2D eigenvalue weighted by atomic mass is 9.77. The predicted octanol–water partition coefficient (Wildman–Crippen LogP) is 5.60. The van der Waals surface area contributed by atoms with Crippen molar-refractivity contribution in [2.24, 2.45) is 0 Å². The molecule has 0 aliphatic rings. The number of hydrogen-bond donors (Lipinski definition) is 1. The molecule has 0 bridgehead atoms. The van der Waals surface area contributed by atoms with Crippen LogP contribution in [0.4, 0.5) is 10.1 Å². The van der Waals surface area contributed by atoms with Gasteiger partial charge in [-0.05, 0) is 28.8 Å². The fourth-order valence-electron chi connectivity index (χ4n) is 4.23. The molecule has 5 rings (SSSR count). The summed E-state index contributed by atoms with van der Waals surface area (Å²) in [7, 11) is 0. The van der Waals surface area contributed by atoms with Gasteiger partial charge >= 0.3 is 0 Å². The van der Waals surface area contributed by atoms with E-state index in [0.717, 1.165) is 22.2 Å². The fraction of sp³-hybridized carbons (Fsp3) is 0.0385.